The van der Waals surface area contributed by atoms with E-state index < -0.39 is 0 Å². The Morgan fingerprint density at radius 1 is 1.50 bits per heavy atom. The lowest BCUT2D eigenvalue weighted by molar-refractivity contribution is -0.147. The summed E-state index contributed by atoms with van der Waals surface area (Å²) in [4.78, 5) is 14.2. The van der Waals surface area contributed by atoms with Gasteiger partial charge < -0.3 is 14.7 Å². The van der Waals surface area contributed by atoms with Crippen molar-refractivity contribution in [2.45, 2.75) is 32.2 Å². The highest BCUT2D eigenvalue weighted by atomic mass is 16.5. The standard InChI is InChI=1S/C12H21NO3/c1-9-3-2-4-11(9)12(15)13-5-6-16-8-10(13)7-14/h9-11,14H,2-8H2,1H3. The molecule has 1 amide bonds. The van der Waals surface area contributed by atoms with E-state index in [0.29, 0.717) is 25.7 Å². The highest BCUT2D eigenvalue weighted by Gasteiger charge is 2.36. The van der Waals surface area contributed by atoms with Crippen molar-refractivity contribution in [3.63, 3.8) is 0 Å². The third kappa shape index (κ3) is 2.23. The molecule has 0 radical (unpaired) electrons. The Morgan fingerprint density at radius 3 is 2.94 bits per heavy atom. The van der Waals surface area contributed by atoms with Gasteiger partial charge in [-0.25, -0.2) is 0 Å². The number of rotatable bonds is 2. The Labute approximate surface area is 96.6 Å². The Bertz CT molecular complexity index is 257. The van der Waals surface area contributed by atoms with Gasteiger partial charge in [0.2, 0.25) is 5.91 Å². The molecule has 0 aromatic rings. The first kappa shape index (κ1) is 11.9. The van der Waals surface area contributed by atoms with E-state index in [2.05, 4.69) is 6.92 Å². The first-order valence-corrected chi connectivity index (χ1v) is 6.23. The molecule has 0 bridgehead atoms. The largest absolute Gasteiger partial charge is 0.394 e. The van der Waals surface area contributed by atoms with Crippen LogP contribution in [0, 0.1) is 11.8 Å². The van der Waals surface area contributed by atoms with Gasteiger partial charge in [-0.3, -0.25) is 4.79 Å². The molecule has 1 aliphatic carbocycles. The second-order valence-corrected chi connectivity index (χ2v) is 4.96. The van der Waals surface area contributed by atoms with E-state index in [1.165, 1.54) is 0 Å². The van der Waals surface area contributed by atoms with Crippen LogP contribution in [0.25, 0.3) is 0 Å². The zero-order chi connectivity index (χ0) is 11.5. The minimum absolute atomic E-state index is 0.00679. The number of hydrogen-bond donors (Lipinski definition) is 1. The van der Waals surface area contributed by atoms with E-state index in [1.807, 2.05) is 4.90 Å². The van der Waals surface area contributed by atoms with Crippen molar-refractivity contribution in [2.75, 3.05) is 26.4 Å². The summed E-state index contributed by atoms with van der Waals surface area (Å²) in [6.45, 7) is 3.87. The number of hydrogen-bond acceptors (Lipinski definition) is 3. The number of carbonyl (C=O) groups excluding carboxylic acids is 1. The van der Waals surface area contributed by atoms with Gasteiger partial charge in [-0.1, -0.05) is 13.3 Å². The fraction of sp³-hybridized carbons (Fsp3) is 0.917. The van der Waals surface area contributed by atoms with Crippen molar-refractivity contribution in [1.29, 1.82) is 0 Å². The average molecular weight is 227 g/mol. The third-order valence-corrected chi connectivity index (χ3v) is 3.90. The summed E-state index contributed by atoms with van der Waals surface area (Å²) in [5.41, 5.74) is 0. The lowest BCUT2D eigenvalue weighted by Gasteiger charge is -2.36. The van der Waals surface area contributed by atoms with Gasteiger partial charge in [-0.2, -0.15) is 0 Å². The van der Waals surface area contributed by atoms with Crippen LogP contribution in [0.3, 0.4) is 0 Å². The van der Waals surface area contributed by atoms with E-state index in [4.69, 9.17) is 4.74 Å². The topological polar surface area (TPSA) is 49.8 Å². The molecule has 1 heterocycles. The predicted molar refractivity (Wildman–Crippen MR) is 59.9 cm³/mol. The monoisotopic (exact) mass is 227 g/mol. The molecule has 4 nitrogen and oxygen atoms in total. The van der Waals surface area contributed by atoms with Crippen LogP contribution in [0.15, 0.2) is 0 Å². The second kappa shape index (κ2) is 5.15. The fourth-order valence-corrected chi connectivity index (χ4v) is 2.82. The van der Waals surface area contributed by atoms with Gasteiger partial charge in [0.15, 0.2) is 0 Å². The van der Waals surface area contributed by atoms with Gasteiger partial charge in [0, 0.05) is 12.5 Å². The summed E-state index contributed by atoms with van der Waals surface area (Å²) in [5, 5.41) is 9.25. The van der Waals surface area contributed by atoms with Crippen molar-refractivity contribution >= 4 is 5.91 Å². The number of aliphatic hydroxyl groups excluding tert-OH is 1. The molecule has 0 aromatic carbocycles. The zero-order valence-electron chi connectivity index (χ0n) is 9.89. The summed E-state index contributed by atoms with van der Waals surface area (Å²) in [5.74, 6) is 0.897. The van der Waals surface area contributed by atoms with E-state index in [-0.39, 0.29) is 24.5 Å². The van der Waals surface area contributed by atoms with Crippen LogP contribution < -0.4 is 0 Å². The summed E-state index contributed by atoms with van der Waals surface area (Å²) in [6.07, 6.45) is 3.33. The van der Waals surface area contributed by atoms with Gasteiger partial charge in [0.1, 0.15) is 0 Å². The number of aliphatic hydroxyl groups is 1. The molecule has 3 unspecified atom stereocenters. The van der Waals surface area contributed by atoms with Crippen molar-refractivity contribution in [3.05, 3.63) is 0 Å². The van der Waals surface area contributed by atoms with Crippen LogP contribution in [-0.4, -0.2) is 48.3 Å². The Hall–Kier alpha value is -0.610. The number of amides is 1. The van der Waals surface area contributed by atoms with Crippen molar-refractivity contribution < 1.29 is 14.6 Å². The highest BCUT2D eigenvalue weighted by Crippen LogP contribution is 2.33. The minimum atomic E-state index is -0.131. The summed E-state index contributed by atoms with van der Waals surface area (Å²) in [7, 11) is 0. The molecule has 1 saturated heterocycles. The fourth-order valence-electron chi connectivity index (χ4n) is 2.82. The smallest absolute Gasteiger partial charge is 0.226 e. The number of morpholine rings is 1. The highest BCUT2D eigenvalue weighted by molar-refractivity contribution is 5.79. The maximum absolute atomic E-state index is 12.3. The molecule has 4 heteroatoms. The first-order valence-electron chi connectivity index (χ1n) is 6.23. The van der Waals surface area contributed by atoms with Gasteiger partial charge in [-0.15, -0.1) is 0 Å². The van der Waals surface area contributed by atoms with E-state index >= 15 is 0 Å². The Balaban J connectivity index is 2.01. The molecule has 2 rings (SSSR count). The van der Waals surface area contributed by atoms with E-state index in [9.17, 15) is 9.90 Å². The lowest BCUT2D eigenvalue weighted by atomic mass is 9.96. The van der Waals surface area contributed by atoms with Crippen molar-refractivity contribution in [1.82, 2.24) is 4.90 Å². The predicted octanol–water partition coefficient (Wildman–Crippen LogP) is 0.642. The van der Waals surface area contributed by atoms with Gasteiger partial charge in [-0.05, 0) is 18.8 Å². The van der Waals surface area contributed by atoms with Crippen LogP contribution in [0.1, 0.15) is 26.2 Å². The van der Waals surface area contributed by atoms with Crippen LogP contribution in [0.2, 0.25) is 0 Å². The number of ether oxygens (including phenoxy) is 1. The SMILES string of the molecule is CC1CCCC1C(=O)N1CCOCC1CO. The third-order valence-electron chi connectivity index (χ3n) is 3.90. The minimum Gasteiger partial charge on any atom is -0.394 e. The lowest BCUT2D eigenvalue weighted by Crippen LogP contribution is -2.52. The molecule has 1 aliphatic heterocycles. The van der Waals surface area contributed by atoms with E-state index in [0.717, 1.165) is 19.3 Å². The van der Waals surface area contributed by atoms with Gasteiger partial charge in [0.25, 0.3) is 0 Å². The zero-order valence-corrected chi connectivity index (χ0v) is 9.89. The Kier molecular flexibility index (Phi) is 3.82. The van der Waals surface area contributed by atoms with Gasteiger partial charge >= 0.3 is 0 Å². The number of carbonyl (C=O) groups is 1. The summed E-state index contributed by atoms with van der Waals surface area (Å²) >= 11 is 0. The Morgan fingerprint density at radius 2 is 2.31 bits per heavy atom. The summed E-state index contributed by atoms with van der Waals surface area (Å²) < 4.78 is 5.29. The summed E-state index contributed by atoms with van der Waals surface area (Å²) in [6, 6.07) is -0.131. The molecule has 16 heavy (non-hydrogen) atoms. The van der Waals surface area contributed by atoms with Gasteiger partial charge in [0.05, 0.1) is 25.9 Å². The van der Waals surface area contributed by atoms with Crippen LogP contribution in [0.5, 0.6) is 0 Å². The van der Waals surface area contributed by atoms with E-state index in [1.54, 1.807) is 0 Å². The molecule has 3 atom stereocenters. The van der Waals surface area contributed by atoms with Crippen molar-refractivity contribution in [2.24, 2.45) is 11.8 Å². The van der Waals surface area contributed by atoms with Crippen LogP contribution >= 0.6 is 0 Å². The van der Waals surface area contributed by atoms with Crippen molar-refractivity contribution in [3.8, 4) is 0 Å². The molecule has 1 saturated carbocycles. The molecule has 2 aliphatic rings. The second-order valence-electron chi connectivity index (χ2n) is 4.96. The molecule has 0 aromatic heterocycles. The van der Waals surface area contributed by atoms with Crippen LogP contribution in [-0.2, 0) is 9.53 Å². The average Bonchev–Trinajstić information content (AvgIpc) is 2.74. The molecule has 2 fully saturated rings. The molecular formula is C12H21NO3. The normalized spacial score (nSPS) is 35.4. The maximum Gasteiger partial charge on any atom is 0.226 e. The van der Waals surface area contributed by atoms with Crippen LogP contribution in [0.4, 0.5) is 0 Å². The first-order chi connectivity index (χ1) is 7.74. The molecule has 92 valence electrons. The molecule has 1 N–H and O–H groups in total. The molecule has 0 spiro atoms. The quantitative estimate of drug-likeness (QED) is 0.753. The molecular weight excluding hydrogens is 206 g/mol. The number of nitrogens with zero attached hydrogens (tertiary/aromatic N) is 1. The maximum atomic E-state index is 12.3.